The standard InChI is InChI=1S/C17H16ClN5O/c1-2-12-3-9-15(10-4-12)19-16(24)11-23-21-17(20-22-23)13-5-7-14(18)8-6-13/h3-10H,2,11H2,1H3,(H,19,24). The number of rotatable bonds is 5. The molecule has 2 aromatic carbocycles. The number of aromatic nitrogens is 4. The zero-order valence-corrected chi connectivity index (χ0v) is 13.9. The number of nitrogens with one attached hydrogen (secondary N) is 1. The Balaban J connectivity index is 1.63. The SMILES string of the molecule is CCc1ccc(NC(=O)Cn2nnc(-c3ccc(Cl)cc3)n2)cc1. The lowest BCUT2D eigenvalue weighted by Crippen LogP contribution is -2.20. The summed E-state index contributed by atoms with van der Waals surface area (Å²) < 4.78 is 0. The summed E-state index contributed by atoms with van der Waals surface area (Å²) in [5, 5.41) is 15.5. The lowest BCUT2D eigenvalue weighted by Gasteiger charge is -2.05. The average Bonchev–Trinajstić information content (AvgIpc) is 3.04. The van der Waals surface area contributed by atoms with E-state index in [1.54, 1.807) is 24.3 Å². The smallest absolute Gasteiger partial charge is 0.248 e. The number of benzene rings is 2. The van der Waals surface area contributed by atoms with Crippen LogP contribution in [0.3, 0.4) is 0 Å². The van der Waals surface area contributed by atoms with E-state index in [0.29, 0.717) is 10.8 Å². The summed E-state index contributed by atoms with van der Waals surface area (Å²) in [6.45, 7) is 2.08. The van der Waals surface area contributed by atoms with E-state index < -0.39 is 0 Å². The van der Waals surface area contributed by atoms with E-state index >= 15 is 0 Å². The van der Waals surface area contributed by atoms with Crippen molar-refractivity contribution in [3.8, 4) is 11.4 Å². The molecule has 0 bridgehead atoms. The topological polar surface area (TPSA) is 72.7 Å². The van der Waals surface area contributed by atoms with E-state index in [0.717, 1.165) is 17.7 Å². The summed E-state index contributed by atoms with van der Waals surface area (Å²) in [5.41, 5.74) is 2.76. The van der Waals surface area contributed by atoms with Gasteiger partial charge in [0, 0.05) is 16.3 Å². The molecule has 0 atom stereocenters. The van der Waals surface area contributed by atoms with E-state index in [2.05, 4.69) is 27.7 Å². The van der Waals surface area contributed by atoms with Gasteiger partial charge in [-0.2, -0.15) is 4.80 Å². The van der Waals surface area contributed by atoms with Crippen LogP contribution >= 0.6 is 11.6 Å². The largest absolute Gasteiger partial charge is 0.324 e. The van der Waals surface area contributed by atoms with E-state index in [9.17, 15) is 4.79 Å². The van der Waals surface area contributed by atoms with Crippen LogP contribution in [-0.4, -0.2) is 26.1 Å². The Morgan fingerprint density at radius 1 is 1.12 bits per heavy atom. The van der Waals surface area contributed by atoms with Crippen LogP contribution in [0.1, 0.15) is 12.5 Å². The van der Waals surface area contributed by atoms with Crippen LogP contribution in [0.15, 0.2) is 48.5 Å². The third-order valence-corrected chi connectivity index (χ3v) is 3.74. The Morgan fingerprint density at radius 3 is 2.50 bits per heavy atom. The summed E-state index contributed by atoms with van der Waals surface area (Å²) >= 11 is 5.85. The first-order valence-corrected chi connectivity index (χ1v) is 7.94. The maximum atomic E-state index is 12.1. The quantitative estimate of drug-likeness (QED) is 0.773. The molecule has 1 aromatic heterocycles. The van der Waals surface area contributed by atoms with Gasteiger partial charge < -0.3 is 5.32 Å². The van der Waals surface area contributed by atoms with E-state index in [-0.39, 0.29) is 12.5 Å². The molecule has 122 valence electrons. The molecule has 3 rings (SSSR count). The van der Waals surface area contributed by atoms with Crippen molar-refractivity contribution in [2.24, 2.45) is 0 Å². The summed E-state index contributed by atoms with van der Waals surface area (Å²) in [5.74, 6) is 0.242. The number of amides is 1. The van der Waals surface area contributed by atoms with Gasteiger partial charge in [-0.15, -0.1) is 10.2 Å². The number of nitrogens with zero attached hydrogens (tertiary/aromatic N) is 4. The molecule has 0 aliphatic carbocycles. The molecule has 24 heavy (non-hydrogen) atoms. The number of tetrazole rings is 1. The molecule has 0 unspecified atom stereocenters. The van der Waals surface area contributed by atoms with Crippen molar-refractivity contribution in [2.45, 2.75) is 19.9 Å². The number of hydrogen-bond donors (Lipinski definition) is 1. The highest BCUT2D eigenvalue weighted by Crippen LogP contribution is 2.17. The van der Waals surface area contributed by atoms with Gasteiger partial charge in [0.2, 0.25) is 11.7 Å². The monoisotopic (exact) mass is 341 g/mol. The van der Waals surface area contributed by atoms with Crippen molar-refractivity contribution < 1.29 is 4.79 Å². The Morgan fingerprint density at radius 2 is 1.83 bits per heavy atom. The molecule has 0 radical (unpaired) electrons. The molecule has 3 aromatic rings. The van der Waals surface area contributed by atoms with Gasteiger partial charge in [0.05, 0.1) is 0 Å². The maximum Gasteiger partial charge on any atom is 0.248 e. The normalized spacial score (nSPS) is 10.6. The first kappa shape index (κ1) is 16.1. The molecule has 1 amide bonds. The van der Waals surface area contributed by atoms with E-state index in [4.69, 9.17) is 11.6 Å². The maximum absolute atomic E-state index is 12.1. The predicted octanol–water partition coefficient (Wildman–Crippen LogP) is 3.19. The van der Waals surface area contributed by atoms with Gasteiger partial charge >= 0.3 is 0 Å². The zero-order valence-electron chi connectivity index (χ0n) is 13.1. The van der Waals surface area contributed by atoms with Gasteiger partial charge in [-0.05, 0) is 53.6 Å². The Hall–Kier alpha value is -2.73. The summed E-state index contributed by atoms with van der Waals surface area (Å²) in [6, 6.07) is 14.9. The fourth-order valence-electron chi connectivity index (χ4n) is 2.18. The van der Waals surface area contributed by atoms with Crippen LogP contribution in [0.2, 0.25) is 5.02 Å². The van der Waals surface area contributed by atoms with Gasteiger partial charge in [0.15, 0.2) is 0 Å². The highest BCUT2D eigenvalue weighted by Gasteiger charge is 2.09. The van der Waals surface area contributed by atoms with Gasteiger partial charge in [0.1, 0.15) is 6.54 Å². The lowest BCUT2D eigenvalue weighted by atomic mass is 10.1. The van der Waals surface area contributed by atoms with Crippen molar-refractivity contribution in [3.63, 3.8) is 0 Å². The van der Waals surface area contributed by atoms with Crippen molar-refractivity contribution in [1.29, 1.82) is 0 Å². The first-order valence-electron chi connectivity index (χ1n) is 7.56. The molecule has 0 fully saturated rings. The summed E-state index contributed by atoms with van der Waals surface area (Å²) in [4.78, 5) is 13.3. The van der Waals surface area contributed by atoms with Gasteiger partial charge in [-0.25, -0.2) is 0 Å². The molecule has 0 aliphatic rings. The Kier molecular flexibility index (Phi) is 4.86. The van der Waals surface area contributed by atoms with Crippen LogP contribution in [-0.2, 0) is 17.8 Å². The zero-order chi connectivity index (χ0) is 16.9. The van der Waals surface area contributed by atoms with Crippen LogP contribution in [0.5, 0.6) is 0 Å². The number of carbonyl (C=O) groups excluding carboxylic acids is 1. The van der Waals surface area contributed by atoms with Crippen molar-refractivity contribution in [1.82, 2.24) is 20.2 Å². The molecule has 0 aliphatic heterocycles. The number of carbonyl (C=O) groups is 1. The summed E-state index contributed by atoms with van der Waals surface area (Å²) in [6.07, 6.45) is 0.963. The highest BCUT2D eigenvalue weighted by molar-refractivity contribution is 6.30. The fourth-order valence-corrected chi connectivity index (χ4v) is 2.30. The molecule has 1 N–H and O–H groups in total. The van der Waals surface area contributed by atoms with Crippen LogP contribution < -0.4 is 5.32 Å². The Labute approximate surface area is 144 Å². The minimum atomic E-state index is -0.209. The molecular weight excluding hydrogens is 326 g/mol. The molecule has 0 saturated carbocycles. The van der Waals surface area contributed by atoms with Crippen molar-refractivity contribution in [2.75, 3.05) is 5.32 Å². The third kappa shape index (κ3) is 3.97. The van der Waals surface area contributed by atoms with Crippen LogP contribution in [0.4, 0.5) is 5.69 Å². The number of hydrogen-bond acceptors (Lipinski definition) is 4. The highest BCUT2D eigenvalue weighted by atomic mass is 35.5. The van der Waals surface area contributed by atoms with Crippen molar-refractivity contribution in [3.05, 3.63) is 59.1 Å². The fraction of sp³-hybridized carbons (Fsp3) is 0.176. The minimum absolute atomic E-state index is 0.00385. The Bertz CT molecular complexity index is 827. The van der Waals surface area contributed by atoms with E-state index in [1.165, 1.54) is 10.4 Å². The molecular formula is C17H16ClN5O. The van der Waals surface area contributed by atoms with Crippen molar-refractivity contribution >= 4 is 23.2 Å². The van der Waals surface area contributed by atoms with E-state index in [1.807, 2.05) is 24.3 Å². The second-order valence-corrected chi connectivity index (χ2v) is 5.69. The average molecular weight is 342 g/mol. The van der Waals surface area contributed by atoms with Gasteiger partial charge in [-0.1, -0.05) is 30.7 Å². The van der Waals surface area contributed by atoms with Gasteiger partial charge in [0.25, 0.3) is 0 Å². The molecule has 1 heterocycles. The number of halogens is 1. The molecule has 6 nitrogen and oxygen atoms in total. The van der Waals surface area contributed by atoms with Gasteiger partial charge in [-0.3, -0.25) is 4.79 Å². The molecule has 0 spiro atoms. The lowest BCUT2D eigenvalue weighted by molar-refractivity contribution is -0.117. The van der Waals surface area contributed by atoms with Crippen LogP contribution in [0.25, 0.3) is 11.4 Å². The summed E-state index contributed by atoms with van der Waals surface area (Å²) in [7, 11) is 0. The first-order chi connectivity index (χ1) is 11.6. The number of anilines is 1. The second kappa shape index (κ2) is 7.23. The number of aryl methyl sites for hydroxylation is 1. The third-order valence-electron chi connectivity index (χ3n) is 3.49. The minimum Gasteiger partial charge on any atom is -0.324 e. The second-order valence-electron chi connectivity index (χ2n) is 5.25. The molecule has 0 saturated heterocycles. The molecule has 7 heteroatoms. The predicted molar refractivity (Wildman–Crippen MR) is 92.7 cm³/mol. The van der Waals surface area contributed by atoms with Crippen LogP contribution in [0, 0.1) is 0 Å².